The van der Waals surface area contributed by atoms with E-state index < -0.39 is 41.5 Å². The van der Waals surface area contributed by atoms with Crippen molar-refractivity contribution < 1.29 is 47.7 Å². The Morgan fingerprint density at radius 1 is 0.830 bits per heavy atom. The second-order valence-corrected chi connectivity index (χ2v) is 12.3. The van der Waals surface area contributed by atoms with Gasteiger partial charge in [0.25, 0.3) is 5.91 Å². The Hall–Kier alpha value is -5.88. The number of carbonyl (C=O) groups is 5. The van der Waals surface area contributed by atoms with E-state index in [0.717, 1.165) is 0 Å². The average molecular weight is 727 g/mol. The first-order chi connectivity index (χ1) is 25.4. The normalized spacial score (nSPS) is 11.7. The Labute approximate surface area is 307 Å². The molecule has 0 radical (unpaired) electrons. The van der Waals surface area contributed by atoms with Crippen LogP contribution in [0.4, 0.5) is 4.39 Å². The largest absolute Gasteiger partial charge is 0.469 e. The second kappa shape index (κ2) is 18.6. The smallest absolute Gasteiger partial charge is 0.338 e. The van der Waals surface area contributed by atoms with Crippen molar-refractivity contribution >= 4 is 35.7 Å². The molecule has 278 valence electrons. The molecule has 0 unspecified atom stereocenters. The Morgan fingerprint density at radius 2 is 1.42 bits per heavy atom. The minimum absolute atomic E-state index is 0.0936. The van der Waals surface area contributed by atoms with Crippen molar-refractivity contribution in [2.24, 2.45) is 0 Å². The number of aliphatic hydroxyl groups is 1. The molecule has 4 aromatic rings. The number of nitrogens with zero attached hydrogens (tertiary/aromatic N) is 1. The number of allylic oxidation sites excluding steroid dienone is 1. The molecular weight excluding hydrogens is 683 g/mol. The second-order valence-electron chi connectivity index (χ2n) is 12.3. The number of aromatic nitrogens is 1. The average Bonchev–Trinajstić information content (AvgIpc) is 3.49. The molecule has 0 aliphatic heterocycles. The molecule has 1 heterocycles. The summed E-state index contributed by atoms with van der Waals surface area (Å²) in [5, 5.41) is 13.2. The Bertz CT molecular complexity index is 1950. The van der Waals surface area contributed by atoms with Crippen LogP contribution in [0.5, 0.6) is 0 Å². The number of hydrogen-bond donors (Lipinski definition) is 2. The molecule has 1 aromatic heterocycles. The highest BCUT2D eigenvalue weighted by Gasteiger charge is 2.29. The van der Waals surface area contributed by atoms with Crippen LogP contribution in [0.15, 0.2) is 78.9 Å². The molecular formula is C41H43FN2O9. The number of nitrogens with one attached hydrogen (secondary N) is 1. The fourth-order valence-corrected chi connectivity index (χ4v) is 5.87. The first-order valence-corrected chi connectivity index (χ1v) is 17.2. The Morgan fingerprint density at radius 3 is 1.96 bits per heavy atom. The van der Waals surface area contributed by atoms with Crippen LogP contribution in [-0.4, -0.2) is 65.7 Å². The van der Waals surface area contributed by atoms with Crippen molar-refractivity contribution in [3.8, 4) is 22.3 Å². The van der Waals surface area contributed by atoms with Crippen molar-refractivity contribution in [2.45, 2.75) is 59.2 Å². The van der Waals surface area contributed by atoms with Crippen LogP contribution < -0.4 is 5.32 Å². The van der Waals surface area contributed by atoms with Gasteiger partial charge in [-0.1, -0.05) is 42.5 Å². The predicted molar refractivity (Wildman–Crippen MR) is 196 cm³/mol. The lowest BCUT2D eigenvalue weighted by molar-refractivity contribution is -0.143. The Kier molecular flexibility index (Phi) is 14.0. The number of carbonyl (C=O) groups excluding carboxylic acids is 5. The molecule has 3 aromatic carbocycles. The number of hydrogen-bond acceptors (Lipinski definition) is 9. The standard InChI is InChI=1S/C41H43FN2O9/c1-6-52-40(49)29-19-26(20-30(21-29)41(50)53-7-2)24-43-39(48)38-37(27-11-9-8-10-12-27)36(28-13-15-31(42)16-14-28)34(44(38)25(3)4)18-17-32(45)22-33(46)23-35(47)51-5/h8-21,25,33,46H,6-7,22-24H2,1-5H3,(H,43,48)/t33-/m1/s1. The zero-order valence-electron chi connectivity index (χ0n) is 30.3. The quantitative estimate of drug-likeness (QED) is 0.0729. The summed E-state index contributed by atoms with van der Waals surface area (Å²) in [5.41, 5.74) is 3.64. The summed E-state index contributed by atoms with van der Waals surface area (Å²) in [7, 11) is 1.19. The van der Waals surface area contributed by atoms with Gasteiger partial charge in [0.15, 0.2) is 5.78 Å². The zero-order chi connectivity index (χ0) is 38.7. The Balaban J connectivity index is 1.88. The van der Waals surface area contributed by atoms with E-state index in [-0.39, 0.29) is 55.5 Å². The summed E-state index contributed by atoms with van der Waals surface area (Å²) < 4.78 is 30.9. The number of ether oxygens (including phenoxy) is 3. The van der Waals surface area contributed by atoms with E-state index in [4.69, 9.17) is 9.47 Å². The highest BCUT2D eigenvalue weighted by Crippen LogP contribution is 2.42. The maximum absolute atomic E-state index is 14.5. The van der Waals surface area contributed by atoms with Gasteiger partial charge < -0.3 is 29.2 Å². The topological polar surface area (TPSA) is 150 Å². The van der Waals surface area contributed by atoms with Gasteiger partial charge in [0.2, 0.25) is 0 Å². The van der Waals surface area contributed by atoms with Gasteiger partial charge in [-0.25, -0.2) is 14.0 Å². The molecule has 0 aliphatic carbocycles. The summed E-state index contributed by atoms with van der Waals surface area (Å²) in [4.78, 5) is 64.6. The predicted octanol–water partition coefficient (Wildman–Crippen LogP) is 6.72. The third-order valence-electron chi connectivity index (χ3n) is 8.13. The van der Waals surface area contributed by atoms with E-state index in [9.17, 15) is 33.5 Å². The molecule has 1 atom stereocenters. The molecule has 4 rings (SSSR count). The van der Waals surface area contributed by atoms with Crippen molar-refractivity contribution in [1.29, 1.82) is 0 Å². The molecule has 0 fully saturated rings. The summed E-state index contributed by atoms with van der Waals surface area (Å²) in [6.07, 6.45) is 0.851. The van der Waals surface area contributed by atoms with Crippen molar-refractivity contribution in [3.63, 3.8) is 0 Å². The highest BCUT2D eigenvalue weighted by atomic mass is 19.1. The number of aliphatic hydroxyl groups excluding tert-OH is 1. The summed E-state index contributed by atoms with van der Waals surface area (Å²) in [6, 6.07) is 19.0. The molecule has 0 saturated heterocycles. The first kappa shape index (κ1) is 39.9. The molecule has 0 bridgehead atoms. The molecule has 53 heavy (non-hydrogen) atoms. The molecule has 1 amide bonds. The van der Waals surface area contributed by atoms with E-state index in [1.807, 2.05) is 44.2 Å². The van der Waals surface area contributed by atoms with E-state index in [1.165, 1.54) is 43.5 Å². The summed E-state index contributed by atoms with van der Waals surface area (Å²) in [6.45, 7) is 7.21. The molecule has 0 saturated carbocycles. The molecule has 11 nitrogen and oxygen atoms in total. The number of methoxy groups -OCH3 is 1. The van der Waals surface area contributed by atoms with Gasteiger partial charge in [-0.05, 0) is 86.9 Å². The van der Waals surface area contributed by atoms with Crippen molar-refractivity contribution in [2.75, 3.05) is 20.3 Å². The first-order valence-electron chi connectivity index (χ1n) is 17.2. The maximum atomic E-state index is 14.5. The maximum Gasteiger partial charge on any atom is 0.338 e. The van der Waals surface area contributed by atoms with E-state index in [2.05, 4.69) is 10.1 Å². The number of benzene rings is 3. The number of amides is 1. The van der Waals surface area contributed by atoms with Crippen LogP contribution in [0.3, 0.4) is 0 Å². The summed E-state index contributed by atoms with van der Waals surface area (Å²) >= 11 is 0. The fourth-order valence-electron chi connectivity index (χ4n) is 5.87. The highest BCUT2D eigenvalue weighted by molar-refractivity contribution is 6.07. The van der Waals surface area contributed by atoms with Crippen LogP contribution >= 0.6 is 0 Å². The van der Waals surface area contributed by atoms with Crippen molar-refractivity contribution in [1.82, 2.24) is 9.88 Å². The van der Waals surface area contributed by atoms with Gasteiger partial charge in [-0.15, -0.1) is 0 Å². The zero-order valence-corrected chi connectivity index (χ0v) is 30.3. The monoisotopic (exact) mass is 726 g/mol. The molecule has 0 aliphatic rings. The minimum atomic E-state index is -1.26. The third-order valence-corrected chi connectivity index (χ3v) is 8.13. The van der Waals surface area contributed by atoms with Gasteiger partial charge in [0.05, 0.1) is 49.7 Å². The van der Waals surface area contributed by atoms with Gasteiger partial charge in [0, 0.05) is 30.1 Å². The van der Waals surface area contributed by atoms with E-state index in [0.29, 0.717) is 33.5 Å². The minimum Gasteiger partial charge on any atom is -0.469 e. The van der Waals surface area contributed by atoms with Gasteiger partial charge in [-0.3, -0.25) is 14.4 Å². The lowest BCUT2D eigenvalue weighted by Gasteiger charge is -2.17. The van der Waals surface area contributed by atoms with Crippen LogP contribution in [0.1, 0.15) is 89.0 Å². The summed E-state index contributed by atoms with van der Waals surface area (Å²) in [5.74, 6) is -3.39. The van der Waals surface area contributed by atoms with Crippen LogP contribution in [0.25, 0.3) is 28.3 Å². The van der Waals surface area contributed by atoms with E-state index >= 15 is 0 Å². The number of esters is 3. The fraction of sp³-hybridized carbons (Fsp3) is 0.293. The van der Waals surface area contributed by atoms with Gasteiger partial charge in [0.1, 0.15) is 11.5 Å². The van der Waals surface area contributed by atoms with E-state index in [1.54, 1.807) is 36.6 Å². The van der Waals surface area contributed by atoms with Crippen LogP contribution in [-0.2, 0) is 30.3 Å². The van der Waals surface area contributed by atoms with Crippen LogP contribution in [0, 0.1) is 5.82 Å². The van der Waals surface area contributed by atoms with Gasteiger partial charge in [-0.2, -0.15) is 0 Å². The molecule has 12 heteroatoms. The van der Waals surface area contributed by atoms with Crippen molar-refractivity contribution in [3.05, 3.63) is 113 Å². The van der Waals surface area contributed by atoms with Gasteiger partial charge >= 0.3 is 17.9 Å². The lowest BCUT2D eigenvalue weighted by Crippen LogP contribution is -2.27. The molecule has 0 spiro atoms. The number of halogens is 1. The third kappa shape index (κ3) is 10.1. The molecule has 2 N–H and O–H groups in total. The number of rotatable bonds is 16. The lowest BCUT2D eigenvalue weighted by atomic mass is 9.94. The number of ketones is 1. The SMILES string of the molecule is CCOC(=O)c1cc(CNC(=O)c2c(-c3ccccc3)c(-c3ccc(F)cc3)c(C=CC(=O)C[C@@H](O)CC(=O)OC)n2C(C)C)cc(C(=O)OCC)c1. The van der Waals surface area contributed by atoms with Crippen LogP contribution in [0.2, 0.25) is 0 Å².